The highest BCUT2D eigenvalue weighted by atomic mass is 79.9. The van der Waals surface area contributed by atoms with Crippen molar-refractivity contribution in [1.29, 1.82) is 0 Å². The zero-order valence-electron chi connectivity index (χ0n) is 12.0. The summed E-state index contributed by atoms with van der Waals surface area (Å²) in [5.74, 6) is 2.41. The molecule has 0 atom stereocenters. The van der Waals surface area contributed by atoms with E-state index in [0.717, 1.165) is 42.2 Å². The van der Waals surface area contributed by atoms with Gasteiger partial charge in [-0.2, -0.15) is 0 Å². The molecular formula is C15H22BrClN2O2. The van der Waals surface area contributed by atoms with Crippen molar-refractivity contribution in [3.63, 3.8) is 0 Å². The normalized spacial score (nSPS) is 19.1. The fourth-order valence-corrected chi connectivity index (χ4v) is 3.30. The van der Waals surface area contributed by atoms with Crippen molar-refractivity contribution in [3.8, 4) is 11.5 Å². The molecule has 0 saturated carbocycles. The Morgan fingerprint density at radius 1 is 1.14 bits per heavy atom. The van der Waals surface area contributed by atoms with E-state index in [-0.39, 0.29) is 12.4 Å². The van der Waals surface area contributed by atoms with Crippen molar-refractivity contribution in [1.82, 2.24) is 4.90 Å². The van der Waals surface area contributed by atoms with Crippen LogP contribution < -0.4 is 15.2 Å². The van der Waals surface area contributed by atoms with Gasteiger partial charge >= 0.3 is 0 Å². The number of halogens is 2. The molecule has 118 valence electrons. The van der Waals surface area contributed by atoms with Gasteiger partial charge in [0.15, 0.2) is 11.5 Å². The highest BCUT2D eigenvalue weighted by Gasteiger charge is 2.20. The largest absolute Gasteiger partial charge is 0.486 e. The smallest absolute Gasteiger partial charge is 0.162 e. The molecule has 2 N–H and O–H groups in total. The van der Waals surface area contributed by atoms with Gasteiger partial charge in [-0.25, -0.2) is 0 Å². The van der Waals surface area contributed by atoms with E-state index in [4.69, 9.17) is 15.2 Å². The lowest BCUT2D eigenvalue weighted by atomic mass is 9.97. The molecule has 0 bridgehead atoms. The van der Waals surface area contributed by atoms with Gasteiger partial charge in [-0.05, 0) is 56.1 Å². The Bertz CT molecular complexity index is 479. The van der Waals surface area contributed by atoms with Crippen molar-refractivity contribution in [3.05, 3.63) is 22.2 Å². The van der Waals surface area contributed by atoms with Crippen molar-refractivity contribution < 1.29 is 9.47 Å². The Morgan fingerprint density at radius 2 is 1.76 bits per heavy atom. The van der Waals surface area contributed by atoms with Crippen LogP contribution in [-0.4, -0.2) is 37.7 Å². The molecule has 0 aliphatic carbocycles. The highest BCUT2D eigenvalue weighted by molar-refractivity contribution is 9.10. The van der Waals surface area contributed by atoms with Gasteiger partial charge in [-0.3, -0.25) is 4.90 Å². The topological polar surface area (TPSA) is 47.7 Å². The van der Waals surface area contributed by atoms with Gasteiger partial charge in [-0.1, -0.05) is 15.9 Å². The first-order valence-electron chi connectivity index (χ1n) is 7.26. The van der Waals surface area contributed by atoms with E-state index in [1.165, 1.54) is 18.4 Å². The molecule has 0 spiro atoms. The lowest BCUT2D eigenvalue weighted by molar-refractivity contribution is 0.168. The van der Waals surface area contributed by atoms with Crippen molar-refractivity contribution in [2.45, 2.75) is 19.4 Å². The summed E-state index contributed by atoms with van der Waals surface area (Å²) in [6.07, 6.45) is 2.41. The first-order valence-corrected chi connectivity index (χ1v) is 8.06. The standard InChI is InChI=1S/C15H21BrN2O2.ClH/c16-13-8-15-14(19-5-6-20-15)7-12(13)10-18-3-1-11(9-17)2-4-18;/h7-8,11H,1-6,9-10,17H2;1H. The first-order chi connectivity index (χ1) is 9.76. The first kappa shape index (κ1) is 16.9. The van der Waals surface area contributed by atoms with Crippen LogP contribution in [0.1, 0.15) is 18.4 Å². The number of fused-ring (bicyclic) bond motifs is 1. The fourth-order valence-electron chi connectivity index (χ4n) is 2.85. The summed E-state index contributed by atoms with van der Waals surface area (Å²) in [4.78, 5) is 2.49. The zero-order valence-corrected chi connectivity index (χ0v) is 14.4. The molecule has 2 aliphatic rings. The van der Waals surface area contributed by atoms with Crippen LogP contribution in [0, 0.1) is 5.92 Å². The Morgan fingerprint density at radius 3 is 2.38 bits per heavy atom. The summed E-state index contributed by atoms with van der Waals surface area (Å²) >= 11 is 3.65. The Labute approximate surface area is 140 Å². The quantitative estimate of drug-likeness (QED) is 0.880. The molecule has 1 aromatic carbocycles. The average molecular weight is 378 g/mol. The van der Waals surface area contributed by atoms with E-state index >= 15 is 0 Å². The maximum absolute atomic E-state index is 5.75. The number of nitrogens with zero attached hydrogens (tertiary/aromatic N) is 1. The molecule has 1 aromatic rings. The van der Waals surface area contributed by atoms with E-state index in [1.807, 2.05) is 6.07 Å². The van der Waals surface area contributed by atoms with Crippen LogP contribution in [0.15, 0.2) is 16.6 Å². The molecule has 2 aliphatic heterocycles. The number of benzene rings is 1. The van der Waals surface area contributed by atoms with Gasteiger partial charge in [0.25, 0.3) is 0 Å². The predicted molar refractivity (Wildman–Crippen MR) is 89.4 cm³/mol. The van der Waals surface area contributed by atoms with Crippen LogP contribution in [0.3, 0.4) is 0 Å². The van der Waals surface area contributed by atoms with Crippen molar-refractivity contribution in [2.24, 2.45) is 11.7 Å². The minimum atomic E-state index is 0. The molecule has 6 heteroatoms. The van der Waals surface area contributed by atoms with Crippen molar-refractivity contribution in [2.75, 3.05) is 32.8 Å². The van der Waals surface area contributed by atoms with Gasteiger partial charge in [0.05, 0.1) is 0 Å². The molecule has 0 radical (unpaired) electrons. The second-order valence-corrected chi connectivity index (χ2v) is 6.40. The summed E-state index contributed by atoms with van der Waals surface area (Å²) in [7, 11) is 0. The minimum absolute atomic E-state index is 0. The van der Waals surface area contributed by atoms with Crippen LogP contribution in [0.2, 0.25) is 0 Å². The number of ether oxygens (including phenoxy) is 2. The number of hydrogen-bond donors (Lipinski definition) is 1. The van der Waals surface area contributed by atoms with E-state index in [0.29, 0.717) is 19.1 Å². The van der Waals surface area contributed by atoms with Gasteiger partial charge < -0.3 is 15.2 Å². The molecule has 21 heavy (non-hydrogen) atoms. The molecule has 0 aromatic heterocycles. The van der Waals surface area contributed by atoms with E-state index in [9.17, 15) is 0 Å². The molecule has 4 nitrogen and oxygen atoms in total. The van der Waals surface area contributed by atoms with Crippen LogP contribution in [0.4, 0.5) is 0 Å². The van der Waals surface area contributed by atoms with E-state index in [2.05, 4.69) is 26.9 Å². The molecule has 3 rings (SSSR count). The SMILES string of the molecule is Cl.NCC1CCN(Cc2cc3c(cc2Br)OCCO3)CC1. The fraction of sp³-hybridized carbons (Fsp3) is 0.600. The molecule has 1 saturated heterocycles. The molecule has 0 amide bonds. The third-order valence-electron chi connectivity index (χ3n) is 4.15. The number of piperidine rings is 1. The summed E-state index contributed by atoms with van der Waals surface area (Å²) in [6, 6.07) is 4.13. The number of nitrogens with two attached hydrogens (primary N) is 1. The van der Waals surface area contributed by atoms with Crippen LogP contribution in [0.5, 0.6) is 11.5 Å². The third kappa shape index (κ3) is 4.03. The Hall–Kier alpha value is -0.490. The lowest BCUT2D eigenvalue weighted by Crippen LogP contribution is -2.35. The minimum Gasteiger partial charge on any atom is -0.486 e. The lowest BCUT2D eigenvalue weighted by Gasteiger charge is -2.31. The Balaban J connectivity index is 0.00000161. The molecule has 1 fully saturated rings. The van der Waals surface area contributed by atoms with Crippen molar-refractivity contribution >= 4 is 28.3 Å². The second kappa shape index (κ2) is 7.68. The predicted octanol–water partition coefficient (Wildman–Crippen LogP) is 2.81. The third-order valence-corrected chi connectivity index (χ3v) is 4.88. The summed E-state index contributed by atoms with van der Waals surface area (Å²) < 4.78 is 12.4. The van der Waals surface area contributed by atoms with Crippen LogP contribution in [0.25, 0.3) is 0 Å². The van der Waals surface area contributed by atoms with Crippen LogP contribution in [-0.2, 0) is 6.54 Å². The maximum atomic E-state index is 5.75. The van der Waals surface area contributed by atoms with Gasteiger partial charge in [-0.15, -0.1) is 12.4 Å². The maximum Gasteiger partial charge on any atom is 0.162 e. The number of likely N-dealkylation sites (tertiary alicyclic amines) is 1. The van der Waals surface area contributed by atoms with E-state index in [1.54, 1.807) is 0 Å². The number of hydrogen-bond acceptors (Lipinski definition) is 4. The van der Waals surface area contributed by atoms with Gasteiger partial charge in [0.1, 0.15) is 13.2 Å². The monoisotopic (exact) mass is 376 g/mol. The summed E-state index contributed by atoms with van der Waals surface area (Å²) in [6.45, 7) is 5.29. The van der Waals surface area contributed by atoms with E-state index < -0.39 is 0 Å². The number of rotatable bonds is 3. The zero-order chi connectivity index (χ0) is 13.9. The van der Waals surface area contributed by atoms with Gasteiger partial charge in [0, 0.05) is 11.0 Å². The molecular weight excluding hydrogens is 356 g/mol. The molecule has 0 unspecified atom stereocenters. The average Bonchev–Trinajstić information content (AvgIpc) is 2.49. The second-order valence-electron chi connectivity index (χ2n) is 5.54. The van der Waals surface area contributed by atoms with Gasteiger partial charge in [0.2, 0.25) is 0 Å². The highest BCUT2D eigenvalue weighted by Crippen LogP contribution is 2.36. The summed E-state index contributed by atoms with van der Waals surface area (Å²) in [5.41, 5.74) is 7.01. The Kier molecular flexibility index (Phi) is 6.17. The summed E-state index contributed by atoms with van der Waals surface area (Å²) in [5, 5.41) is 0. The molecule has 2 heterocycles. The van der Waals surface area contributed by atoms with Crippen LogP contribution >= 0.6 is 28.3 Å².